The molecule has 1 amide bonds. The first-order chi connectivity index (χ1) is 8.75. The first kappa shape index (κ1) is 11.8. The number of halogens is 1. The fourth-order valence-electron chi connectivity index (χ4n) is 2.50. The fourth-order valence-corrected chi connectivity index (χ4v) is 2.67. The number of carbonyl (C=O) groups is 1. The highest BCUT2D eigenvalue weighted by Crippen LogP contribution is 2.32. The number of hydrogen-bond donors (Lipinski definition) is 0. The Morgan fingerprint density at radius 1 is 1.17 bits per heavy atom. The Hall–Kier alpha value is -1.26. The van der Waals surface area contributed by atoms with Gasteiger partial charge in [-0.1, -0.05) is 24.1 Å². The number of benzene rings is 1. The number of hydrogen-bond acceptors (Lipinski definition) is 3. The van der Waals surface area contributed by atoms with E-state index < -0.39 is 0 Å². The molecule has 0 aromatic heterocycles. The molecule has 1 aromatic rings. The van der Waals surface area contributed by atoms with Crippen molar-refractivity contribution in [2.24, 2.45) is 0 Å². The van der Waals surface area contributed by atoms with Crippen LogP contribution in [-0.2, 0) is 11.3 Å². The summed E-state index contributed by atoms with van der Waals surface area (Å²) in [5.41, 5.74) is 1.87. The quantitative estimate of drug-likeness (QED) is 0.783. The molecule has 0 bridgehead atoms. The van der Waals surface area contributed by atoms with Gasteiger partial charge in [0.1, 0.15) is 6.61 Å². The van der Waals surface area contributed by atoms with Crippen molar-refractivity contribution in [1.82, 2.24) is 5.01 Å². The van der Waals surface area contributed by atoms with E-state index in [0.717, 1.165) is 37.2 Å². The van der Waals surface area contributed by atoms with Crippen molar-refractivity contribution in [3.63, 3.8) is 0 Å². The number of anilines is 1. The number of ether oxygens (including phenoxy) is 1. The number of carbonyl (C=O) groups excluding carboxylic acids is 1. The summed E-state index contributed by atoms with van der Waals surface area (Å²) in [6.45, 7) is 2.11. The summed E-state index contributed by atoms with van der Waals surface area (Å²) in [5, 5.41) is 4.34. The number of hydrazine groups is 1. The van der Waals surface area contributed by atoms with Gasteiger partial charge >= 0.3 is 6.09 Å². The van der Waals surface area contributed by atoms with Crippen LogP contribution in [0.4, 0.5) is 10.5 Å². The van der Waals surface area contributed by atoms with Gasteiger partial charge in [0.25, 0.3) is 0 Å². The lowest BCUT2D eigenvalue weighted by atomic mass is 10.1. The second-order valence-electron chi connectivity index (χ2n) is 4.65. The van der Waals surface area contributed by atoms with Crippen LogP contribution < -0.4 is 5.01 Å². The van der Waals surface area contributed by atoms with E-state index >= 15 is 0 Å². The lowest BCUT2D eigenvalue weighted by molar-refractivity contribution is 0.108. The zero-order chi connectivity index (χ0) is 12.5. The Morgan fingerprint density at radius 2 is 1.94 bits per heavy atom. The molecule has 2 aliphatic rings. The third-order valence-electron chi connectivity index (χ3n) is 3.41. The van der Waals surface area contributed by atoms with Gasteiger partial charge in [-0.05, 0) is 25.0 Å². The van der Waals surface area contributed by atoms with Crippen LogP contribution in [0.3, 0.4) is 0 Å². The number of amides is 1. The predicted molar refractivity (Wildman–Crippen MR) is 69.5 cm³/mol. The fraction of sp³-hybridized carbons (Fsp3) is 0.462. The number of nitrogens with zero attached hydrogens (tertiary/aromatic N) is 2. The summed E-state index contributed by atoms with van der Waals surface area (Å²) in [4.78, 5) is 12.0. The van der Waals surface area contributed by atoms with E-state index in [4.69, 9.17) is 16.3 Å². The average molecular weight is 267 g/mol. The molecule has 3 rings (SSSR count). The van der Waals surface area contributed by atoms with Gasteiger partial charge in [0.05, 0.1) is 5.69 Å². The number of rotatable bonds is 1. The predicted octanol–water partition coefficient (Wildman–Crippen LogP) is 3.20. The normalized spacial score (nSPS) is 20.5. The van der Waals surface area contributed by atoms with Gasteiger partial charge in [0.15, 0.2) is 0 Å². The standard InChI is InChI=1S/C13H15ClN2O2/c14-11-5-4-10-9-18-13(17)16(12(10)8-11)15-6-2-1-3-7-15/h4-5,8H,1-3,6-7,9H2. The van der Waals surface area contributed by atoms with Crippen molar-refractivity contribution in [3.05, 3.63) is 28.8 Å². The average Bonchev–Trinajstić information content (AvgIpc) is 2.39. The van der Waals surface area contributed by atoms with Crippen LogP contribution in [0.25, 0.3) is 0 Å². The van der Waals surface area contributed by atoms with Gasteiger partial charge in [-0.2, -0.15) is 0 Å². The van der Waals surface area contributed by atoms with Crippen molar-refractivity contribution >= 4 is 23.4 Å². The molecular formula is C13H15ClN2O2. The second-order valence-corrected chi connectivity index (χ2v) is 5.09. The highest BCUT2D eigenvalue weighted by molar-refractivity contribution is 6.31. The third kappa shape index (κ3) is 2.06. The summed E-state index contributed by atoms with van der Waals surface area (Å²) in [5.74, 6) is 0. The van der Waals surface area contributed by atoms with E-state index in [2.05, 4.69) is 5.01 Å². The van der Waals surface area contributed by atoms with E-state index in [9.17, 15) is 4.79 Å². The zero-order valence-electron chi connectivity index (χ0n) is 10.1. The van der Waals surface area contributed by atoms with Gasteiger partial charge in [-0.3, -0.25) is 0 Å². The molecule has 1 saturated heterocycles. The molecular weight excluding hydrogens is 252 g/mol. The molecule has 0 atom stereocenters. The molecule has 1 fully saturated rings. The molecule has 0 spiro atoms. The maximum atomic E-state index is 12.0. The Morgan fingerprint density at radius 3 is 2.72 bits per heavy atom. The Balaban J connectivity index is 1.97. The van der Waals surface area contributed by atoms with Gasteiger partial charge in [-0.25, -0.2) is 14.8 Å². The van der Waals surface area contributed by atoms with Crippen LogP contribution >= 0.6 is 11.6 Å². The van der Waals surface area contributed by atoms with Crippen molar-refractivity contribution in [2.45, 2.75) is 25.9 Å². The minimum absolute atomic E-state index is 0.299. The molecule has 0 radical (unpaired) electrons. The highest BCUT2D eigenvalue weighted by atomic mass is 35.5. The SMILES string of the molecule is O=C1OCc2ccc(Cl)cc2N1N1CCCCC1. The van der Waals surface area contributed by atoms with E-state index in [1.54, 1.807) is 5.01 Å². The molecule has 4 nitrogen and oxygen atoms in total. The summed E-state index contributed by atoms with van der Waals surface area (Å²) in [7, 11) is 0. The molecule has 0 saturated carbocycles. The summed E-state index contributed by atoms with van der Waals surface area (Å²) >= 11 is 6.03. The molecule has 1 aromatic carbocycles. The molecule has 2 heterocycles. The van der Waals surface area contributed by atoms with Crippen LogP contribution in [0.15, 0.2) is 18.2 Å². The maximum absolute atomic E-state index is 12.0. The van der Waals surface area contributed by atoms with Crippen molar-refractivity contribution < 1.29 is 9.53 Å². The molecule has 18 heavy (non-hydrogen) atoms. The summed E-state index contributed by atoms with van der Waals surface area (Å²) in [6.07, 6.45) is 3.15. The molecule has 0 aliphatic carbocycles. The van der Waals surface area contributed by atoms with Gasteiger partial charge in [0, 0.05) is 23.7 Å². The third-order valence-corrected chi connectivity index (χ3v) is 3.65. The van der Waals surface area contributed by atoms with Crippen LogP contribution in [0, 0.1) is 0 Å². The van der Waals surface area contributed by atoms with Gasteiger partial charge < -0.3 is 4.74 Å². The molecule has 5 heteroatoms. The van der Waals surface area contributed by atoms with Crippen LogP contribution in [0.2, 0.25) is 5.02 Å². The largest absolute Gasteiger partial charge is 0.443 e. The Bertz CT molecular complexity index is 472. The number of cyclic esters (lactones) is 1. The first-order valence-electron chi connectivity index (χ1n) is 6.26. The van der Waals surface area contributed by atoms with Gasteiger partial charge in [0.2, 0.25) is 0 Å². The van der Waals surface area contributed by atoms with Crippen molar-refractivity contribution in [1.29, 1.82) is 0 Å². The summed E-state index contributed by atoms with van der Waals surface area (Å²) in [6, 6.07) is 5.58. The molecule has 0 N–H and O–H groups in total. The number of fused-ring (bicyclic) bond motifs is 1. The zero-order valence-corrected chi connectivity index (χ0v) is 10.8. The highest BCUT2D eigenvalue weighted by Gasteiger charge is 2.31. The molecule has 96 valence electrons. The maximum Gasteiger partial charge on any atom is 0.429 e. The smallest absolute Gasteiger partial charge is 0.429 e. The first-order valence-corrected chi connectivity index (χ1v) is 6.64. The lowest BCUT2D eigenvalue weighted by Crippen LogP contribution is -2.51. The van der Waals surface area contributed by atoms with Crippen molar-refractivity contribution in [2.75, 3.05) is 18.1 Å². The van der Waals surface area contributed by atoms with Crippen molar-refractivity contribution in [3.8, 4) is 0 Å². The Kier molecular flexibility index (Phi) is 3.14. The molecule has 2 aliphatic heterocycles. The number of piperidine rings is 1. The van der Waals surface area contributed by atoms with E-state index in [1.165, 1.54) is 6.42 Å². The van der Waals surface area contributed by atoms with E-state index in [-0.39, 0.29) is 6.09 Å². The van der Waals surface area contributed by atoms with Crippen LogP contribution in [0.1, 0.15) is 24.8 Å². The molecule has 0 unspecified atom stereocenters. The second kappa shape index (κ2) is 4.78. The Labute approximate surface area is 111 Å². The van der Waals surface area contributed by atoms with Gasteiger partial charge in [-0.15, -0.1) is 0 Å². The lowest BCUT2D eigenvalue weighted by Gasteiger charge is -2.39. The topological polar surface area (TPSA) is 32.8 Å². The van der Waals surface area contributed by atoms with Crippen LogP contribution in [-0.4, -0.2) is 24.2 Å². The van der Waals surface area contributed by atoms with E-state index in [1.807, 2.05) is 18.2 Å². The minimum atomic E-state index is -0.299. The van der Waals surface area contributed by atoms with E-state index in [0.29, 0.717) is 11.6 Å². The monoisotopic (exact) mass is 266 g/mol. The van der Waals surface area contributed by atoms with Crippen LogP contribution in [0.5, 0.6) is 0 Å². The minimum Gasteiger partial charge on any atom is -0.443 e. The summed E-state index contributed by atoms with van der Waals surface area (Å²) < 4.78 is 5.21.